The van der Waals surface area contributed by atoms with Gasteiger partial charge in [-0.15, -0.1) is 0 Å². The third-order valence-electron chi connectivity index (χ3n) is 3.60. The first-order valence-corrected chi connectivity index (χ1v) is 7.96. The summed E-state index contributed by atoms with van der Waals surface area (Å²) >= 11 is 0. The molecule has 2 rings (SSSR count). The lowest BCUT2D eigenvalue weighted by Gasteiger charge is -2.08. The number of rotatable bonds is 8. The predicted molar refractivity (Wildman–Crippen MR) is 90.9 cm³/mol. The van der Waals surface area contributed by atoms with Crippen molar-refractivity contribution in [1.82, 2.24) is 10.6 Å². The number of amides is 2. The van der Waals surface area contributed by atoms with Crippen LogP contribution in [0, 0.1) is 5.82 Å². The van der Waals surface area contributed by atoms with E-state index >= 15 is 0 Å². The molecule has 0 saturated carbocycles. The Morgan fingerprint density at radius 1 is 0.833 bits per heavy atom. The largest absolute Gasteiger partial charge is 0.354 e. The summed E-state index contributed by atoms with van der Waals surface area (Å²) in [5, 5.41) is 5.25. The maximum atomic E-state index is 13.4. The molecule has 0 aliphatic rings. The van der Waals surface area contributed by atoms with Crippen molar-refractivity contribution in [2.75, 3.05) is 13.1 Å². The van der Waals surface area contributed by atoms with Crippen molar-refractivity contribution in [1.29, 1.82) is 0 Å². The van der Waals surface area contributed by atoms with Crippen LogP contribution < -0.4 is 10.6 Å². The predicted octanol–water partition coefficient (Wildman–Crippen LogP) is 2.23. The van der Waals surface area contributed by atoms with Crippen LogP contribution in [0.3, 0.4) is 0 Å². The van der Waals surface area contributed by atoms with E-state index < -0.39 is 0 Å². The standard InChI is InChI=1S/C19H21FN2O2/c20-17-9-5-4-8-16(17)12-13-21-19(24)14-22-18(23)11-10-15-6-2-1-3-7-15/h1-9H,10-14H2,(H,21,24)(H,22,23). The molecule has 0 aliphatic carbocycles. The number of hydrogen-bond acceptors (Lipinski definition) is 2. The van der Waals surface area contributed by atoms with Gasteiger partial charge in [0, 0.05) is 13.0 Å². The van der Waals surface area contributed by atoms with Crippen molar-refractivity contribution in [2.24, 2.45) is 0 Å². The quantitative estimate of drug-likeness (QED) is 0.781. The van der Waals surface area contributed by atoms with Gasteiger partial charge in [0.25, 0.3) is 0 Å². The molecule has 24 heavy (non-hydrogen) atoms. The molecule has 0 aromatic heterocycles. The molecule has 2 amide bonds. The molecule has 0 heterocycles. The number of hydrogen-bond donors (Lipinski definition) is 2. The molecular formula is C19H21FN2O2. The summed E-state index contributed by atoms with van der Waals surface area (Å²) in [7, 11) is 0. The van der Waals surface area contributed by atoms with Crippen molar-refractivity contribution < 1.29 is 14.0 Å². The Bertz CT molecular complexity index is 674. The molecule has 0 spiro atoms. The zero-order chi connectivity index (χ0) is 17.2. The van der Waals surface area contributed by atoms with E-state index in [1.165, 1.54) is 6.07 Å². The van der Waals surface area contributed by atoms with E-state index in [2.05, 4.69) is 10.6 Å². The average molecular weight is 328 g/mol. The summed E-state index contributed by atoms with van der Waals surface area (Å²) in [4.78, 5) is 23.4. The Morgan fingerprint density at radius 2 is 1.54 bits per heavy atom. The smallest absolute Gasteiger partial charge is 0.239 e. The Morgan fingerprint density at radius 3 is 2.29 bits per heavy atom. The molecule has 0 aliphatic heterocycles. The van der Waals surface area contributed by atoms with Gasteiger partial charge < -0.3 is 10.6 Å². The first-order valence-electron chi connectivity index (χ1n) is 7.96. The molecule has 0 radical (unpaired) electrons. The highest BCUT2D eigenvalue weighted by Gasteiger charge is 2.06. The van der Waals surface area contributed by atoms with E-state index in [-0.39, 0.29) is 24.2 Å². The number of benzene rings is 2. The van der Waals surface area contributed by atoms with Crippen LogP contribution in [-0.4, -0.2) is 24.9 Å². The van der Waals surface area contributed by atoms with Gasteiger partial charge in [0.05, 0.1) is 6.54 Å². The Kier molecular flexibility index (Phi) is 6.95. The Hall–Kier alpha value is -2.69. The monoisotopic (exact) mass is 328 g/mol. The number of carbonyl (C=O) groups is 2. The van der Waals surface area contributed by atoms with Crippen LogP contribution in [0.1, 0.15) is 17.5 Å². The summed E-state index contributed by atoms with van der Waals surface area (Å²) in [6, 6.07) is 16.2. The average Bonchev–Trinajstić information content (AvgIpc) is 2.61. The normalized spacial score (nSPS) is 10.2. The van der Waals surface area contributed by atoms with Crippen LogP contribution in [0.2, 0.25) is 0 Å². The molecule has 5 heteroatoms. The van der Waals surface area contributed by atoms with Gasteiger partial charge in [0.1, 0.15) is 5.82 Å². The summed E-state index contributed by atoms with van der Waals surface area (Å²) < 4.78 is 13.4. The molecule has 0 fully saturated rings. The molecule has 2 aromatic rings. The molecule has 0 unspecified atom stereocenters. The van der Waals surface area contributed by atoms with Crippen molar-refractivity contribution in [3.8, 4) is 0 Å². The SMILES string of the molecule is O=C(CCc1ccccc1)NCC(=O)NCCc1ccccc1F. The lowest BCUT2D eigenvalue weighted by atomic mass is 10.1. The van der Waals surface area contributed by atoms with Crippen molar-refractivity contribution in [3.05, 3.63) is 71.5 Å². The molecule has 0 saturated heterocycles. The minimum absolute atomic E-state index is 0.0646. The van der Waals surface area contributed by atoms with Gasteiger partial charge in [0.15, 0.2) is 0 Å². The van der Waals surface area contributed by atoms with Crippen LogP contribution in [0.4, 0.5) is 4.39 Å². The van der Waals surface area contributed by atoms with Crippen molar-refractivity contribution in [2.45, 2.75) is 19.3 Å². The zero-order valence-electron chi connectivity index (χ0n) is 13.4. The van der Waals surface area contributed by atoms with E-state index in [4.69, 9.17) is 0 Å². The third kappa shape index (κ3) is 6.20. The highest BCUT2D eigenvalue weighted by Crippen LogP contribution is 2.06. The Labute approximate surface area is 141 Å². The van der Waals surface area contributed by atoms with E-state index in [1.807, 2.05) is 30.3 Å². The summed E-state index contributed by atoms with van der Waals surface area (Å²) in [5.41, 5.74) is 1.65. The summed E-state index contributed by atoms with van der Waals surface area (Å²) in [5.74, 6) is -0.719. The second-order valence-corrected chi connectivity index (χ2v) is 5.45. The molecular weight excluding hydrogens is 307 g/mol. The summed E-state index contributed by atoms with van der Waals surface area (Å²) in [6.45, 7) is 0.268. The molecule has 2 N–H and O–H groups in total. The maximum Gasteiger partial charge on any atom is 0.239 e. The van der Waals surface area contributed by atoms with Crippen LogP contribution in [-0.2, 0) is 22.4 Å². The van der Waals surface area contributed by atoms with Gasteiger partial charge in [-0.25, -0.2) is 4.39 Å². The molecule has 0 bridgehead atoms. The lowest BCUT2D eigenvalue weighted by Crippen LogP contribution is -2.37. The number of halogens is 1. The second kappa shape index (κ2) is 9.45. The number of aryl methyl sites for hydroxylation is 1. The van der Waals surface area contributed by atoms with E-state index in [1.54, 1.807) is 18.2 Å². The molecule has 4 nitrogen and oxygen atoms in total. The fourth-order valence-corrected chi connectivity index (χ4v) is 2.27. The Balaban J connectivity index is 1.60. The first-order chi connectivity index (χ1) is 11.6. The highest BCUT2D eigenvalue weighted by atomic mass is 19.1. The van der Waals surface area contributed by atoms with Crippen LogP contribution in [0.15, 0.2) is 54.6 Å². The third-order valence-corrected chi connectivity index (χ3v) is 3.60. The van der Waals surface area contributed by atoms with Crippen LogP contribution in [0.5, 0.6) is 0 Å². The van der Waals surface area contributed by atoms with Gasteiger partial charge in [-0.05, 0) is 30.0 Å². The fourth-order valence-electron chi connectivity index (χ4n) is 2.27. The summed E-state index contributed by atoms with van der Waals surface area (Å²) in [6.07, 6.45) is 1.40. The van der Waals surface area contributed by atoms with Crippen LogP contribution in [0.25, 0.3) is 0 Å². The topological polar surface area (TPSA) is 58.2 Å². The van der Waals surface area contributed by atoms with Gasteiger partial charge >= 0.3 is 0 Å². The number of carbonyl (C=O) groups excluding carboxylic acids is 2. The lowest BCUT2D eigenvalue weighted by molar-refractivity contribution is -0.126. The van der Waals surface area contributed by atoms with Crippen LogP contribution >= 0.6 is 0 Å². The van der Waals surface area contributed by atoms with E-state index in [9.17, 15) is 14.0 Å². The van der Waals surface area contributed by atoms with Gasteiger partial charge in [0.2, 0.25) is 11.8 Å². The molecule has 126 valence electrons. The van der Waals surface area contributed by atoms with Crippen molar-refractivity contribution in [3.63, 3.8) is 0 Å². The minimum Gasteiger partial charge on any atom is -0.354 e. The second-order valence-electron chi connectivity index (χ2n) is 5.45. The van der Waals surface area contributed by atoms with Gasteiger partial charge in [-0.3, -0.25) is 9.59 Å². The maximum absolute atomic E-state index is 13.4. The van der Waals surface area contributed by atoms with Crippen molar-refractivity contribution >= 4 is 11.8 Å². The number of nitrogens with one attached hydrogen (secondary N) is 2. The first kappa shape index (κ1) is 17.7. The van der Waals surface area contributed by atoms with E-state index in [0.29, 0.717) is 31.4 Å². The molecule has 2 aromatic carbocycles. The minimum atomic E-state index is -0.278. The highest BCUT2D eigenvalue weighted by molar-refractivity contribution is 5.84. The fraction of sp³-hybridized carbons (Fsp3) is 0.263. The van der Waals surface area contributed by atoms with Gasteiger partial charge in [-0.1, -0.05) is 48.5 Å². The molecule has 0 atom stereocenters. The van der Waals surface area contributed by atoms with E-state index in [0.717, 1.165) is 5.56 Å². The zero-order valence-corrected chi connectivity index (χ0v) is 13.4. The van der Waals surface area contributed by atoms with Gasteiger partial charge in [-0.2, -0.15) is 0 Å².